The van der Waals surface area contributed by atoms with Crippen molar-refractivity contribution in [2.75, 3.05) is 32.7 Å². The van der Waals surface area contributed by atoms with E-state index in [-0.39, 0.29) is 18.5 Å². The summed E-state index contributed by atoms with van der Waals surface area (Å²) in [6.07, 6.45) is 1.19. The second-order valence-electron chi connectivity index (χ2n) is 4.57. The number of carboxylic acids is 1. The number of carbonyl (C=O) groups excluding carboxylic acids is 1. The molecule has 1 aliphatic rings. The normalized spacial score (nSPS) is 19.1. The zero-order valence-electron chi connectivity index (χ0n) is 10.3. The van der Waals surface area contributed by atoms with Gasteiger partial charge in [0.15, 0.2) is 0 Å². The molecule has 1 atom stereocenters. The molecule has 1 amide bonds. The van der Waals surface area contributed by atoms with Crippen LogP contribution in [0.1, 0.15) is 19.8 Å². The molecule has 1 fully saturated rings. The Bertz CT molecular complexity index is 273. The first-order valence-corrected chi connectivity index (χ1v) is 5.96. The maximum atomic E-state index is 11.8. The van der Waals surface area contributed by atoms with Gasteiger partial charge in [-0.25, -0.2) is 0 Å². The number of carboxylic acid groups (broad SMARTS) is 1. The van der Waals surface area contributed by atoms with Gasteiger partial charge in [0.1, 0.15) is 0 Å². The van der Waals surface area contributed by atoms with Gasteiger partial charge in [-0.15, -0.1) is 0 Å². The molecule has 1 aliphatic heterocycles. The Kier molecular flexibility index (Phi) is 5.37. The van der Waals surface area contributed by atoms with Crippen molar-refractivity contribution >= 4 is 11.9 Å². The standard InChI is InChI=1S/C11H21N3O3/c1-9(12)2-3-10(15)14-6-4-13(5-7-14)8-11(16)17/h9H,2-8,12H2,1H3,(H,16,17). The summed E-state index contributed by atoms with van der Waals surface area (Å²) in [4.78, 5) is 25.9. The average Bonchev–Trinajstić information content (AvgIpc) is 2.26. The molecule has 0 aromatic rings. The minimum absolute atomic E-state index is 0.0484. The number of hydrogen-bond donors (Lipinski definition) is 2. The third-order valence-electron chi connectivity index (χ3n) is 2.90. The van der Waals surface area contributed by atoms with Crippen LogP contribution < -0.4 is 5.73 Å². The number of carbonyl (C=O) groups is 2. The van der Waals surface area contributed by atoms with Gasteiger partial charge in [0.2, 0.25) is 5.91 Å². The SMILES string of the molecule is CC(N)CCC(=O)N1CCN(CC(=O)O)CC1. The molecular formula is C11H21N3O3. The second kappa shape index (κ2) is 6.56. The Morgan fingerprint density at radius 2 is 1.88 bits per heavy atom. The predicted octanol–water partition coefficient (Wildman–Crippen LogP) is -0.657. The first-order valence-electron chi connectivity index (χ1n) is 5.96. The Morgan fingerprint density at radius 3 is 2.35 bits per heavy atom. The lowest BCUT2D eigenvalue weighted by molar-refractivity contribution is -0.139. The minimum Gasteiger partial charge on any atom is -0.480 e. The summed E-state index contributed by atoms with van der Waals surface area (Å²) in [6.45, 7) is 4.45. The van der Waals surface area contributed by atoms with Crippen molar-refractivity contribution in [3.05, 3.63) is 0 Å². The summed E-state index contributed by atoms with van der Waals surface area (Å²) in [5.41, 5.74) is 5.60. The van der Waals surface area contributed by atoms with Gasteiger partial charge in [-0.3, -0.25) is 14.5 Å². The molecule has 17 heavy (non-hydrogen) atoms. The van der Waals surface area contributed by atoms with Gasteiger partial charge in [-0.1, -0.05) is 0 Å². The molecular weight excluding hydrogens is 222 g/mol. The van der Waals surface area contributed by atoms with Crippen LogP contribution in [0.5, 0.6) is 0 Å². The number of hydrogen-bond acceptors (Lipinski definition) is 4. The van der Waals surface area contributed by atoms with Crippen molar-refractivity contribution in [1.82, 2.24) is 9.80 Å². The summed E-state index contributed by atoms with van der Waals surface area (Å²) in [7, 11) is 0. The molecule has 0 bridgehead atoms. The Labute approximate surface area is 101 Å². The topological polar surface area (TPSA) is 86.9 Å². The van der Waals surface area contributed by atoms with Crippen LogP contribution in [0.2, 0.25) is 0 Å². The summed E-state index contributed by atoms with van der Waals surface area (Å²) in [5, 5.41) is 8.65. The summed E-state index contributed by atoms with van der Waals surface area (Å²) in [6, 6.07) is 0.0484. The van der Waals surface area contributed by atoms with Gasteiger partial charge in [0, 0.05) is 38.6 Å². The van der Waals surface area contributed by atoms with E-state index in [0.29, 0.717) is 39.0 Å². The van der Waals surface area contributed by atoms with Crippen LogP contribution in [-0.4, -0.2) is 65.5 Å². The van der Waals surface area contributed by atoms with Gasteiger partial charge >= 0.3 is 5.97 Å². The van der Waals surface area contributed by atoms with E-state index in [1.807, 2.05) is 11.8 Å². The fourth-order valence-corrected chi connectivity index (χ4v) is 1.86. The lowest BCUT2D eigenvalue weighted by Crippen LogP contribution is -2.50. The monoisotopic (exact) mass is 243 g/mol. The molecule has 1 saturated heterocycles. The first-order chi connectivity index (χ1) is 7.99. The van der Waals surface area contributed by atoms with Crippen molar-refractivity contribution in [3.63, 3.8) is 0 Å². The molecule has 1 unspecified atom stereocenters. The van der Waals surface area contributed by atoms with Crippen molar-refractivity contribution < 1.29 is 14.7 Å². The average molecular weight is 243 g/mol. The second-order valence-corrected chi connectivity index (χ2v) is 4.57. The van der Waals surface area contributed by atoms with E-state index in [9.17, 15) is 9.59 Å². The first kappa shape index (κ1) is 13.9. The predicted molar refractivity (Wildman–Crippen MR) is 63.5 cm³/mol. The van der Waals surface area contributed by atoms with Gasteiger partial charge in [-0.05, 0) is 13.3 Å². The van der Waals surface area contributed by atoms with Crippen LogP contribution >= 0.6 is 0 Å². The maximum Gasteiger partial charge on any atom is 0.317 e. The highest BCUT2D eigenvalue weighted by Crippen LogP contribution is 2.05. The lowest BCUT2D eigenvalue weighted by Gasteiger charge is -2.34. The molecule has 6 heteroatoms. The summed E-state index contributed by atoms with van der Waals surface area (Å²) < 4.78 is 0. The molecule has 0 aliphatic carbocycles. The highest BCUT2D eigenvalue weighted by Gasteiger charge is 2.21. The van der Waals surface area contributed by atoms with Crippen LogP contribution in [0.15, 0.2) is 0 Å². The fraction of sp³-hybridized carbons (Fsp3) is 0.818. The molecule has 0 saturated carbocycles. The summed E-state index contributed by atoms with van der Waals surface area (Å²) >= 11 is 0. The van der Waals surface area contributed by atoms with Gasteiger partial charge in [-0.2, -0.15) is 0 Å². The lowest BCUT2D eigenvalue weighted by atomic mass is 10.1. The molecule has 0 aromatic heterocycles. The van der Waals surface area contributed by atoms with E-state index in [4.69, 9.17) is 10.8 Å². The molecule has 98 valence electrons. The van der Waals surface area contributed by atoms with Crippen LogP contribution in [-0.2, 0) is 9.59 Å². The molecule has 1 rings (SSSR count). The van der Waals surface area contributed by atoms with Gasteiger partial charge in [0.25, 0.3) is 0 Å². The number of rotatable bonds is 5. The molecule has 6 nitrogen and oxygen atoms in total. The zero-order chi connectivity index (χ0) is 12.8. The van der Waals surface area contributed by atoms with Crippen LogP contribution in [0, 0.1) is 0 Å². The van der Waals surface area contributed by atoms with E-state index in [1.165, 1.54) is 0 Å². The fourth-order valence-electron chi connectivity index (χ4n) is 1.86. The quantitative estimate of drug-likeness (QED) is 0.669. The van der Waals surface area contributed by atoms with Crippen LogP contribution in [0.3, 0.4) is 0 Å². The molecule has 0 aromatic carbocycles. The largest absolute Gasteiger partial charge is 0.480 e. The highest BCUT2D eigenvalue weighted by molar-refractivity contribution is 5.76. The Balaban J connectivity index is 2.26. The number of aliphatic carboxylic acids is 1. The molecule has 1 heterocycles. The number of amides is 1. The minimum atomic E-state index is -0.818. The van der Waals surface area contributed by atoms with Crippen molar-refractivity contribution in [1.29, 1.82) is 0 Å². The number of nitrogens with zero attached hydrogens (tertiary/aromatic N) is 2. The van der Waals surface area contributed by atoms with Crippen molar-refractivity contribution in [3.8, 4) is 0 Å². The van der Waals surface area contributed by atoms with Gasteiger partial charge in [0.05, 0.1) is 6.54 Å². The third-order valence-corrected chi connectivity index (χ3v) is 2.90. The van der Waals surface area contributed by atoms with E-state index < -0.39 is 5.97 Å². The highest BCUT2D eigenvalue weighted by atomic mass is 16.4. The maximum absolute atomic E-state index is 11.8. The Morgan fingerprint density at radius 1 is 1.29 bits per heavy atom. The van der Waals surface area contributed by atoms with Crippen molar-refractivity contribution in [2.24, 2.45) is 5.73 Å². The van der Waals surface area contributed by atoms with Crippen molar-refractivity contribution in [2.45, 2.75) is 25.8 Å². The molecule has 3 N–H and O–H groups in total. The van der Waals surface area contributed by atoms with E-state index in [1.54, 1.807) is 4.90 Å². The third kappa shape index (κ3) is 5.14. The Hall–Kier alpha value is -1.14. The molecule has 0 spiro atoms. The van der Waals surface area contributed by atoms with Crippen LogP contribution in [0.4, 0.5) is 0 Å². The smallest absolute Gasteiger partial charge is 0.317 e. The number of nitrogens with two attached hydrogens (primary N) is 1. The summed E-state index contributed by atoms with van der Waals surface area (Å²) in [5.74, 6) is -0.695. The van der Waals surface area contributed by atoms with Crippen LogP contribution in [0.25, 0.3) is 0 Å². The molecule has 0 radical (unpaired) electrons. The van der Waals surface area contributed by atoms with E-state index in [2.05, 4.69) is 0 Å². The zero-order valence-corrected chi connectivity index (χ0v) is 10.3. The van der Waals surface area contributed by atoms with Gasteiger partial charge < -0.3 is 15.7 Å². The number of piperazine rings is 1. The van der Waals surface area contributed by atoms with E-state index in [0.717, 1.165) is 0 Å². The van der Waals surface area contributed by atoms with E-state index >= 15 is 0 Å².